The number of carbonyl (C=O) groups excluding carboxylic acids is 2. The zero-order chi connectivity index (χ0) is 32.8. The molecule has 0 aliphatic carbocycles. The van der Waals surface area contributed by atoms with E-state index in [-0.39, 0.29) is 11.5 Å². The van der Waals surface area contributed by atoms with E-state index in [1.54, 1.807) is 13.8 Å². The van der Waals surface area contributed by atoms with Gasteiger partial charge in [-0.3, -0.25) is 19.1 Å². The van der Waals surface area contributed by atoms with Crippen LogP contribution in [0, 0.1) is 0 Å². The summed E-state index contributed by atoms with van der Waals surface area (Å²) >= 11 is 0. The number of hydrogen-bond donors (Lipinski definition) is 3. The molecule has 1 fully saturated rings. The molecule has 44 heavy (non-hydrogen) atoms. The first-order chi connectivity index (χ1) is 20.6. The van der Waals surface area contributed by atoms with Crippen LogP contribution in [0.25, 0.3) is 6.08 Å². The molecule has 1 aliphatic heterocycles. The summed E-state index contributed by atoms with van der Waals surface area (Å²) in [4.78, 5) is 49.6. The fourth-order valence-electron chi connectivity index (χ4n) is 3.80. The van der Waals surface area contributed by atoms with Crippen molar-refractivity contribution in [3.8, 4) is 11.5 Å². The molecule has 1 saturated heterocycles. The van der Waals surface area contributed by atoms with E-state index in [9.17, 15) is 28.8 Å². The highest BCUT2D eigenvalue weighted by molar-refractivity contribution is 7.52. The Morgan fingerprint density at radius 1 is 1.20 bits per heavy atom. The number of nitrogens with zero attached hydrogens (tertiary/aromatic N) is 1. The van der Waals surface area contributed by atoms with Crippen molar-refractivity contribution in [2.75, 3.05) is 14.2 Å². The number of nitrogens with one attached hydrogen (secondary N) is 2. The number of aliphatic hydroxyl groups is 1. The zero-order valence-corrected chi connectivity index (χ0v) is 25.5. The van der Waals surface area contributed by atoms with Gasteiger partial charge in [0.1, 0.15) is 12.3 Å². The second kappa shape index (κ2) is 13.9. The van der Waals surface area contributed by atoms with Crippen molar-refractivity contribution in [3.05, 3.63) is 75.0 Å². The Balaban J connectivity index is 1.96. The van der Waals surface area contributed by atoms with Gasteiger partial charge in [-0.1, -0.05) is 6.07 Å². The smallest absolute Gasteiger partial charge is 0.493 e. The molecule has 0 amide bonds. The van der Waals surface area contributed by atoms with Gasteiger partial charge in [0.25, 0.3) is 5.56 Å². The number of alkyl halides is 1. The third-order valence-corrected chi connectivity index (χ3v) is 7.55. The molecule has 17 heteroatoms. The maximum absolute atomic E-state index is 15.6. The van der Waals surface area contributed by atoms with Gasteiger partial charge in [0, 0.05) is 18.3 Å². The molecule has 2 aromatic rings. The van der Waals surface area contributed by atoms with Gasteiger partial charge in [-0.05, 0) is 51.5 Å². The number of aromatic nitrogens is 2. The molecular formula is C27H33FN3O12P. The van der Waals surface area contributed by atoms with Crippen molar-refractivity contribution in [1.82, 2.24) is 14.6 Å². The molecule has 1 aliphatic rings. The summed E-state index contributed by atoms with van der Waals surface area (Å²) in [5.74, 6) is -2.09. The average Bonchev–Trinajstić information content (AvgIpc) is 3.18. The summed E-state index contributed by atoms with van der Waals surface area (Å²) in [6.45, 7) is 5.49. The lowest BCUT2D eigenvalue weighted by molar-refractivity contribution is -0.149. The molecule has 1 aromatic heterocycles. The number of aromatic amines is 1. The molecule has 1 unspecified atom stereocenters. The topological polar surface area (TPSA) is 194 Å². The maximum atomic E-state index is 15.6. The van der Waals surface area contributed by atoms with Crippen LogP contribution in [0.15, 0.2) is 58.1 Å². The molecule has 15 nitrogen and oxygen atoms in total. The number of benzene rings is 1. The van der Waals surface area contributed by atoms with Crippen LogP contribution in [-0.2, 0) is 32.9 Å². The monoisotopic (exact) mass is 641 g/mol. The van der Waals surface area contributed by atoms with Crippen LogP contribution in [0.2, 0.25) is 0 Å². The largest absolute Gasteiger partial charge is 0.513 e. The van der Waals surface area contributed by atoms with Crippen molar-refractivity contribution in [2.24, 2.45) is 0 Å². The lowest BCUT2D eigenvalue weighted by atomic mass is 10.0. The highest BCUT2D eigenvalue weighted by Crippen LogP contribution is 2.50. The Kier molecular flexibility index (Phi) is 10.8. The van der Waals surface area contributed by atoms with Crippen molar-refractivity contribution in [2.45, 2.75) is 57.8 Å². The van der Waals surface area contributed by atoms with E-state index in [1.165, 1.54) is 51.5 Å². The molecule has 3 rings (SSSR count). The first kappa shape index (κ1) is 34.1. The summed E-state index contributed by atoms with van der Waals surface area (Å²) in [5, 5.41) is 13.1. The standard InChI is InChI=1S/C27H33FN3O12P/c1-15(2)41-24(35)16(3)30-44(37,43-18-9-7-17(13-19(18)38-5)8-10-22(33)39-6)40-14-20-23(34)27(4,28)25(42-20)31-12-11-21(32)29-26(31)36/h7-16,23,25,34H,1-6H3,(H,30,37)(H,29,32,36)/b10-8+,20-14+/t16-,23+,25+,27+,44?/m0/s1. The van der Waals surface area contributed by atoms with Crippen LogP contribution in [-0.4, -0.2) is 64.7 Å². The Morgan fingerprint density at radius 3 is 2.52 bits per heavy atom. The molecule has 0 radical (unpaired) electrons. The molecule has 240 valence electrons. The number of ether oxygens (including phenoxy) is 4. The minimum atomic E-state index is -4.64. The van der Waals surface area contributed by atoms with Crippen LogP contribution < -0.4 is 25.6 Å². The minimum Gasteiger partial charge on any atom is -0.493 e. The lowest BCUT2D eigenvalue weighted by Gasteiger charge is -2.23. The molecular weight excluding hydrogens is 608 g/mol. The van der Waals surface area contributed by atoms with E-state index in [2.05, 4.69) is 9.82 Å². The van der Waals surface area contributed by atoms with Crippen LogP contribution in [0.5, 0.6) is 11.5 Å². The summed E-state index contributed by atoms with van der Waals surface area (Å²) < 4.78 is 61.8. The van der Waals surface area contributed by atoms with E-state index in [0.29, 0.717) is 16.4 Å². The van der Waals surface area contributed by atoms with Gasteiger partial charge in [0.2, 0.25) is 6.23 Å². The summed E-state index contributed by atoms with van der Waals surface area (Å²) in [6, 6.07) is 3.97. The average molecular weight is 642 g/mol. The van der Waals surface area contributed by atoms with Gasteiger partial charge >= 0.3 is 25.4 Å². The highest BCUT2D eigenvalue weighted by Gasteiger charge is 2.54. The number of halogens is 1. The molecule has 2 heterocycles. The molecule has 0 saturated carbocycles. The third kappa shape index (κ3) is 8.15. The Morgan fingerprint density at radius 2 is 1.91 bits per heavy atom. The van der Waals surface area contributed by atoms with E-state index in [4.69, 9.17) is 23.3 Å². The molecule has 3 N–H and O–H groups in total. The van der Waals surface area contributed by atoms with Crippen LogP contribution in [0.1, 0.15) is 39.5 Å². The molecule has 5 atom stereocenters. The number of hydrogen-bond acceptors (Lipinski definition) is 12. The second-order valence-corrected chi connectivity index (χ2v) is 11.5. The van der Waals surface area contributed by atoms with Gasteiger partial charge in [0.15, 0.2) is 29.0 Å². The van der Waals surface area contributed by atoms with Gasteiger partial charge in [-0.25, -0.2) is 18.5 Å². The van der Waals surface area contributed by atoms with Gasteiger partial charge in [0.05, 0.1) is 20.3 Å². The summed E-state index contributed by atoms with van der Waals surface area (Å²) in [7, 11) is -2.13. The van der Waals surface area contributed by atoms with Gasteiger partial charge in [-0.2, -0.15) is 5.09 Å². The van der Waals surface area contributed by atoms with Crippen LogP contribution in [0.3, 0.4) is 0 Å². The Labute approximate surface area is 250 Å². The number of rotatable bonds is 12. The fourth-order valence-corrected chi connectivity index (χ4v) is 5.19. The predicted octanol–water partition coefficient (Wildman–Crippen LogP) is 2.32. The quantitative estimate of drug-likeness (QED) is 0.132. The number of aliphatic hydroxyl groups excluding tert-OH is 1. The van der Waals surface area contributed by atoms with E-state index in [1.807, 2.05) is 4.98 Å². The SMILES string of the molecule is COC(=O)/C=C/c1ccc(OP(=O)(N[C@@H](C)C(=O)OC(C)C)O/C=C2/O[C@@H](n3ccc(=O)[nH]c3=O)[C@](C)(F)[C@@H]2O)c(OC)c1. The van der Waals surface area contributed by atoms with Crippen molar-refractivity contribution < 1.29 is 51.6 Å². The molecule has 0 spiro atoms. The van der Waals surface area contributed by atoms with Crippen LogP contribution in [0.4, 0.5) is 4.39 Å². The van der Waals surface area contributed by atoms with Gasteiger partial charge in [-0.15, -0.1) is 0 Å². The zero-order valence-electron chi connectivity index (χ0n) is 24.6. The van der Waals surface area contributed by atoms with Crippen molar-refractivity contribution in [3.63, 3.8) is 0 Å². The summed E-state index contributed by atoms with van der Waals surface area (Å²) in [6.07, 6.45) is -0.0920. The van der Waals surface area contributed by atoms with Crippen LogP contribution >= 0.6 is 7.75 Å². The normalized spacial score (nSPS) is 22.7. The van der Waals surface area contributed by atoms with E-state index in [0.717, 1.165) is 19.2 Å². The first-order valence-corrected chi connectivity index (χ1v) is 14.6. The van der Waals surface area contributed by atoms with Crippen molar-refractivity contribution in [1.29, 1.82) is 0 Å². The number of esters is 2. The Hall–Kier alpha value is -4.40. The summed E-state index contributed by atoms with van der Waals surface area (Å²) in [5.41, 5.74) is -3.89. The number of H-pyrrole nitrogens is 1. The van der Waals surface area contributed by atoms with Gasteiger partial charge < -0.3 is 33.1 Å². The minimum absolute atomic E-state index is 0.0405. The number of methoxy groups -OCH3 is 2. The Bertz CT molecular complexity index is 1600. The lowest BCUT2D eigenvalue weighted by Crippen LogP contribution is -2.42. The highest BCUT2D eigenvalue weighted by atomic mass is 31.2. The van der Waals surface area contributed by atoms with Crippen molar-refractivity contribution >= 4 is 25.8 Å². The predicted molar refractivity (Wildman–Crippen MR) is 152 cm³/mol. The third-order valence-electron chi connectivity index (χ3n) is 6.02. The second-order valence-electron chi connectivity index (χ2n) is 9.86. The maximum Gasteiger partial charge on any atom is 0.513 e. The van der Waals surface area contributed by atoms with E-state index >= 15 is 4.39 Å². The fraction of sp³-hybridized carbons (Fsp3) is 0.407. The first-order valence-electron chi connectivity index (χ1n) is 13.1. The molecule has 1 aromatic carbocycles. The number of carbonyl (C=O) groups is 2. The van der Waals surface area contributed by atoms with E-state index < -0.39 is 66.8 Å². The molecule has 0 bridgehead atoms.